The van der Waals surface area contributed by atoms with Crippen molar-refractivity contribution >= 4 is 5.91 Å². The van der Waals surface area contributed by atoms with Crippen molar-refractivity contribution in [3.8, 4) is 11.5 Å². The van der Waals surface area contributed by atoms with Crippen LogP contribution in [0, 0.1) is 0 Å². The molecule has 1 saturated heterocycles. The Bertz CT molecular complexity index is 561. The minimum atomic E-state index is -0.141. The molecule has 0 radical (unpaired) electrons. The van der Waals surface area contributed by atoms with E-state index in [1.54, 1.807) is 29.4 Å². The molecule has 1 amide bonds. The Hall–Kier alpha value is -2.08. The number of nitrogens with zero attached hydrogens (tertiary/aromatic N) is 2. The molecule has 1 atom stereocenters. The number of ether oxygens (including phenoxy) is 1. The summed E-state index contributed by atoms with van der Waals surface area (Å²) in [4.78, 5) is 14.1. The Morgan fingerprint density at radius 1 is 1.47 bits per heavy atom. The smallest absolute Gasteiger partial charge is 0.276 e. The van der Waals surface area contributed by atoms with Gasteiger partial charge >= 0.3 is 0 Å². The summed E-state index contributed by atoms with van der Waals surface area (Å²) < 4.78 is 15.6. The minimum Gasteiger partial charge on any atom is -0.461 e. The van der Waals surface area contributed by atoms with Crippen molar-refractivity contribution in [2.75, 3.05) is 19.8 Å². The zero-order valence-corrected chi connectivity index (χ0v) is 10.5. The molecule has 3 rings (SSSR count). The van der Waals surface area contributed by atoms with E-state index in [0.29, 0.717) is 37.0 Å². The summed E-state index contributed by atoms with van der Waals surface area (Å²) in [5.41, 5.74) is 0.292. The van der Waals surface area contributed by atoms with Crippen LogP contribution in [-0.4, -0.2) is 41.8 Å². The van der Waals surface area contributed by atoms with Gasteiger partial charge in [-0.25, -0.2) is 0 Å². The lowest BCUT2D eigenvalue weighted by molar-refractivity contribution is 0.00307. The summed E-state index contributed by atoms with van der Waals surface area (Å²) in [6.45, 7) is 3.63. The summed E-state index contributed by atoms with van der Waals surface area (Å²) in [6, 6.07) is 5.16. The molecule has 0 aliphatic carbocycles. The Morgan fingerprint density at radius 3 is 3.11 bits per heavy atom. The predicted octanol–water partition coefficient (Wildman–Crippen LogP) is 1.80. The highest BCUT2D eigenvalue weighted by atomic mass is 16.5. The number of amides is 1. The van der Waals surface area contributed by atoms with Crippen LogP contribution in [0.3, 0.4) is 0 Å². The van der Waals surface area contributed by atoms with E-state index in [1.807, 2.05) is 6.92 Å². The van der Waals surface area contributed by atoms with Gasteiger partial charge in [0.1, 0.15) is 0 Å². The van der Waals surface area contributed by atoms with Gasteiger partial charge in [0.15, 0.2) is 11.5 Å². The molecule has 2 aromatic heterocycles. The molecule has 1 aliphatic heterocycles. The number of carbonyl (C=O) groups is 1. The van der Waals surface area contributed by atoms with E-state index >= 15 is 0 Å². The van der Waals surface area contributed by atoms with E-state index in [0.717, 1.165) is 0 Å². The lowest BCUT2D eigenvalue weighted by Crippen LogP contribution is -2.47. The second kappa shape index (κ2) is 4.89. The van der Waals surface area contributed by atoms with Gasteiger partial charge in [-0.1, -0.05) is 5.16 Å². The first-order valence-corrected chi connectivity index (χ1v) is 6.15. The van der Waals surface area contributed by atoms with E-state index in [2.05, 4.69) is 5.16 Å². The fraction of sp³-hybridized carbons (Fsp3) is 0.385. The van der Waals surface area contributed by atoms with Gasteiger partial charge in [0, 0.05) is 12.6 Å². The molecule has 19 heavy (non-hydrogen) atoms. The van der Waals surface area contributed by atoms with E-state index in [4.69, 9.17) is 13.7 Å². The number of hydrogen-bond acceptors (Lipinski definition) is 5. The van der Waals surface area contributed by atoms with Gasteiger partial charge < -0.3 is 18.6 Å². The lowest BCUT2D eigenvalue weighted by Gasteiger charge is -2.32. The molecule has 0 bridgehead atoms. The highest BCUT2D eigenvalue weighted by molar-refractivity contribution is 5.93. The van der Waals surface area contributed by atoms with Crippen LogP contribution in [0.4, 0.5) is 0 Å². The summed E-state index contributed by atoms with van der Waals surface area (Å²) >= 11 is 0. The van der Waals surface area contributed by atoms with Crippen molar-refractivity contribution in [3.63, 3.8) is 0 Å². The number of aromatic nitrogens is 1. The SMILES string of the molecule is CC1COCCN1C(=O)c1cc(-c2ccco2)on1. The van der Waals surface area contributed by atoms with Crippen LogP contribution in [0.25, 0.3) is 11.5 Å². The highest BCUT2D eigenvalue weighted by Crippen LogP contribution is 2.21. The van der Waals surface area contributed by atoms with Crippen LogP contribution < -0.4 is 0 Å². The Labute approximate surface area is 109 Å². The maximum atomic E-state index is 12.3. The number of hydrogen-bond donors (Lipinski definition) is 0. The van der Waals surface area contributed by atoms with Gasteiger partial charge in [-0.3, -0.25) is 4.79 Å². The third kappa shape index (κ3) is 2.26. The van der Waals surface area contributed by atoms with Crippen molar-refractivity contribution in [1.29, 1.82) is 0 Å². The maximum Gasteiger partial charge on any atom is 0.276 e. The number of carbonyl (C=O) groups excluding carboxylic acids is 1. The standard InChI is InChI=1S/C13H14N2O4/c1-9-8-17-6-4-15(9)13(16)10-7-12(19-14-10)11-3-2-5-18-11/h2-3,5,7,9H,4,6,8H2,1H3. The van der Waals surface area contributed by atoms with Crippen molar-refractivity contribution < 1.29 is 18.5 Å². The first-order chi connectivity index (χ1) is 9.25. The summed E-state index contributed by atoms with van der Waals surface area (Å²) in [5.74, 6) is 0.869. The molecular formula is C13H14N2O4. The molecule has 1 aliphatic rings. The largest absolute Gasteiger partial charge is 0.461 e. The molecule has 0 aromatic carbocycles. The molecule has 6 heteroatoms. The monoisotopic (exact) mass is 262 g/mol. The van der Waals surface area contributed by atoms with Crippen molar-refractivity contribution in [2.24, 2.45) is 0 Å². The number of morpholine rings is 1. The van der Waals surface area contributed by atoms with E-state index in [-0.39, 0.29) is 11.9 Å². The minimum absolute atomic E-state index is 0.0463. The quantitative estimate of drug-likeness (QED) is 0.825. The first kappa shape index (κ1) is 12.0. The molecule has 1 fully saturated rings. The molecule has 0 saturated carbocycles. The third-order valence-electron chi connectivity index (χ3n) is 3.12. The molecule has 3 heterocycles. The fourth-order valence-corrected chi connectivity index (χ4v) is 2.09. The average Bonchev–Trinajstić information content (AvgIpc) is 3.09. The van der Waals surface area contributed by atoms with Gasteiger partial charge in [0.2, 0.25) is 5.76 Å². The topological polar surface area (TPSA) is 68.7 Å². The summed E-state index contributed by atoms with van der Waals surface area (Å²) in [5, 5.41) is 3.81. The number of rotatable bonds is 2. The van der Waals surface area contributed by atoms with Crippen molar-refractivity contribution in [3.05, 3.63) is 30.2 Å². The molecule has 2 aromatic rings. The van der Waals surface area contributed by atoms with E-state index in [9.17, 15) is 4.79 Å². The van der Waals surface area contributed by atoms with Crippen LogP contribution in [0.2, 0.25) is 0 Å². The Balaban J connectivity index is 1.80. The summed E-state index contributed by atoms with van der Waals surface area (Å²) in [7, 11) is 0. The van der Waals surface area contributed by atoms with Gasteiger partial charge in [-0.05, 0) is 19.1 Å². The van der Waals surface area contributed by atoms with E-state index < -0.39 is 0 Å². The Kier molecular flexibility index (Phi) is 3.08. The van der Waals surface area contributed by atoms with Gasteiger partial charge in [0.25, 0.3) is 5.91 Å². The second-order valence-corrected chi connectivity index (χ2v) is 4.48. The van der Waals surface area contributed by atoms with Gasteiger partial charge in [-0.2, -0.15) is 0 Å². The zero-order chi connectivity index (χ0) is 13.2. The van der Waals surface area contributed by atoms with Gasteiger partial charge in [-0.15, -0.1) is 0 Å². The van der Waals surface area contributed by atoms with Crippen LogP contribution in [0.15, 0.2) is 33.4 Å². The first-order valence-electron chi connectivity index (χ1n) is 6.15. The normalized spacial score (nSPS) is 19.6. The molecule has 0 N–H and O–H groups in total. The lowest BCUT2D eigenvalue weighted by atomic mass is 10.2. The van der Waals surface area contributed by atoms with E-state index in [1.165, 1.54) is 0 Å². The molecule has 6 nitrogen and oxygen atoms in total. The van der Waals surface area contributed by atoms with Crippen LogP contribution >= 0.6 is 0 Å². The molecule has 0 spiro atoms. The van der Waals surface area contributed by atoms with Crippen molar-refractivity contribution in [2.45, 2.75) is 13.0 Å². The maximum absolute atomic E-state index is 12.3. The Morgan fingerprint density at radius 2 is 2.37 bits per heavy atom. The molecule has 100 valence electrons. The molecule has 1 unspecified atom stereocenters. The predicted molar refractivity (Wildman–Crippen MR) is 65.5 cm³/mol. The van der Waals surface area contributed by atoms with Crippen LogP contribution in [0.5, 0.6) is 0 Å². The van der Waals surface area contributed by atoms with Crippen LogP contribution in [-0.2, 0) is 4.74 Å². The average molecular weight is 262 g/mol. The zero-order valence-electron chi connectivity index (χ0n) is 10.5. The highest BCUT2D eigenvalue weighted by Gasteiger charge is 2.27. The fourth-order valence-electron chi connectivity index (χ4n) is 2.09. The third-order valence-corrected chi connectivity index (χ3v) is 3.12. The molecular weight excluding hydrogens is 248 g/mol. The van der Waals surface area contributed by atoms with Gasteiger partial charge in [0.05, 0.1) is 25.5 Å². The second-order valence-electron chi connectivity index (χ2n) is 4.48. The van der Waals surface area contributed by atoms with Crippen LogP contribution in [0.1, 0.15) is 17.4 Å². The number of furan rings is 1. The van der Waals surface area contributed by atoms with Crippen molar-refractivity contribution in [1.82, 2.24) is 10.1 Å². The summed E-state index contributed by atoms with van der Waals surface area (Å²) in [6.07, 6.45) is 1.55.